The van der Waals surface area contributed by atoms with E-state index in [9.17, 15) is 18.3 Å². The molecule has 0 aromatic heterocycles. The predicted octanol–water partition coefficient (Wildman–Crippen LogP) is 8.35. The number of hydrogen-bond acceptors (Lipinski definition) is 4. The predicted molar refractivity (Wildman–Crippen MR) is 156 cm³/mol. The van der Waals surface area contributed by atoms with Crippen molar-refractivity contribution in [3.05, 3.63) is 83.0 Å². The van der Waals surface area contributed by atoms with Crippen LogP contribution in [0.25, 0.3) is 0 Å². The Hall–Kier alpha value is -3.35. The van der Waals surface area contributed by atoms with E-state index in [-0.39, 0.29) is 22.3 Å². The normalized spacial score (nSPS) is 17.1. The molecule has 0 aliphatic heterocycles. The smallest absolute Gasteiger partial charge is 0.416 e. The number of alkyl halides is 3. The maximum absolute atomic E-state index is 13.5. The molecule has 2 aromatic carbocycles. The van der Waals surface area contributed by atoms with Gasteiger partial charge in [-0.2, -0.15) is 18.3 Å². The molecule has 0 saturated carbocycles. The van der Waals surface area contributed by atoms with Crippen LogP contribution < -0.4 is 5.01 Å². The number of allylic oxidation sites excluding steroid dienone is 4. The molecule has 1 aliphatic carbocycles. The van der Waals surface area contributed by atoms with E-state index >= 15 is 0 Å². The molecule has 0 amide bonds. The summed E-state index contributed by atoms with van der Waals surface area (Å²) >= 11 is 0. The van der Waals surface area contributed by atoms with E-state index < -0.39 is 17.2 Å². The van der Waals surface area contributed by atoms with Gasteiger partial charge in [0.1, 0.15) is 17.1 Å². The van der Waals surface area contributed by atoms with Crippen molar-refractivity contribution in [2.24, 2.45) is 15.5 Å². The van der Waals surface area contributed by atoms with E-state index in [4.69, 9.17) is 0 Å². The summed E-state index contributed by atoms with van der Waals surface area (Å²) in [5, 5.41) is 17.6. The first-order valence-corrected chi connectivity index (χ1v) is 13.1. The van der Waals surface area contributed by atoms with Crippen LogP contribution in [0.1, 0.15) is 71.6 Å². The number of phenols is 1. The van der Waals surface area contributed by atoms with Crippen LogP contribution in [0.4, 0.5) is 18.9 Å². The van der Waals surface area contributed by atoms with Gasteiger partial charge in [0.25, 0.3) is 0 Å². The Morgan fingerprint density at radius 3 is 2.00 bits per heavy atom. The largest absolute Gasteiger partial charge is 0.505 e. The second-order valence-electron chi connectivity index (χ2n) is 12.6. The minimum Gasteiger partial charge on any atom is -0.505 e. The number of nitrogens with zero attached hydrogens (tertiary/aromatic N) is 3. The van der Waals surface area contributed by atoms with Gasteiger partial charge in [0, 0.05) is 25.1 Å². The second-order valence-corrected chi connectivity index (χ2v) is 12.6. The fourth-order valence-electron chi connectivity index (χ4n) is 5.36. The molecule has 7 heteroatoms. The summed E-state index contributed by atoms with van der Waals surface area (Å²) in [6.07, 6.45) is -0.348. The van der Waals surface area contributed by atoms with Crippen LogP contribution in [0.3, 0.4) is 0 Å². The van der Waals surface area contributed by atoms with Crippen LogP contribution >= 0.6 is 0 Å². The zero-order valence-electron chi connectivity index (χ0n) is 24.4. The van der Waals surface area contributed by atoms with Gasteiger partial charge in [0.05, 0.1) is 11.3 Å². The van der Waals surface area contributed by atoms with Crippen molar-refractivity contribution in [2.45, 2.75) is 71.9 Å². The Balaban J connectivity index is 2.25. The number of rotatable bonds is 6. The summed E-state index contributed by atoms with van der Waals surface area (Å²) in [4.78, 5) is 4.11. The highest BCUT2D eigenvalue weighted by Gasteiger charge is 2.35. The Bertz CT molecular complexity index is 1320. The Kier molecular flexibility index (Phi) is 8.26. The first-order chi connectivity index (χ1) is 17.9. The summed E-state index contributed by atoms with van der Waals surface area (Å²) in [5.41, 5.74) is 1.97. The Morgan fingerprint density at radius 2 is 1.46 bits per heavy atom. The summed E-state index contributed by atoms with van der Waals surface area (Å²) in [6, 6.07) is 13.9. The molecule has 0 radical (unpaired) electrons. The van der Waals surface area contributed by atoms with E-state index in [1.54, 1.807) is 7.05 Å². The molecule has 0 saturated heterocycles. The average molecular weight is 540 g/mol. The van der Waals surface area contributed by atoms with Crippen molar-refractivity contribution in [3.63, 3.8) is 0 Å². The molecular formula is C32H40F3N3O. The van der Waals surface area contributed by atoms with Gasteiger partial charge in [-0.05, 0) is 52.7 Å². The van der Waals surface area contributed by atoms with Crippen LogP contribution in [0.5, 0.6) is 5.75 Å². The van der Waals surface area contributed by atoms with Crippen molar-refractivity contribution in [1.82, 2.24) is 0 Å². The number of hydrazone groups is 1. The van der Waals surface area contributed by atoms with Gasteiger partial charge in [-0.25, -0.2) is 0 Å². The molecule has 0 bridgehead atoms. The summed E-state index contributed by atoms with van der Waals surface area (Å²) in [5.74, 6) is 0.0346. The highest BCUT2D eigenvalue weighted by Crippen LogP contribution is 2.46. The monoisotopic (exact) mass is 539 g/mol. The minimum absolute atomic E-state index is 0.0346. The van der Waals surface area contributed by atoms with Gasteiger partial charge in [0.15, 0.2) is 0 Å². The molecule has 0 fully saturated rings. The summed E-state index contributed by atoms with van der Waals surface area (Å²) in [7, 11) is 3.14. The maximum Gasteiger partial charge on any atom is 0.416 e. The number of anilines is 1. The lowest BCUT2D eigenvalue weighted by Gasteiger charge is -2.36. The lowest BCUT2D eigenvalue weighted by atomic mass is 9.70. The minimum atomic E-state index is -4.51. The quantitative estimate of drug-likeness (QED) is 0.296. The van der Waals surface area contributed by atoms with Gasteiger partial charge < -0.3 is 5.11 Å². The van der Waals surface area contributed by atoms with Crippen LogP contribution in [0.2, 0.25) is 0 Å². The van der Waals surface area contributed by atoms with Crippen molar-refractivity contribution in [2.75, 3.05) is 19.1 Å². The zero-order valence-corrected chi connectivity index (χ0v) is 24.4. The van der Waals surface area contributed by atoms with Crippen molar-refractivity contribution < 1.29 is 18.3 Å². The van der Waals surface area contributed by atoms with Gasteiger partial charge in [-0.3, -0.25) is 10.0 Å². The fourth-order valence-corrected chi connectivity index (χ4v) is 5.36. The lowest BCUT2D eigenvalue weighted by molar-refractivity contribution is -0.0881. The molecule has 1 aliphatic rings. The van der Waals surface area contributed by atoms with Gasteiger partial charge in [0.2, 0.25) is 0 Å². The third kappa shape index (κ3) is 6.81. The first-order valence-electron chi connectivity index (χ1n) is 13.1. The van der Waals surface area contributed by atoms with Gasteiger partial charge in [-0.1, -0.05) is 84.9 Å². The molecule has 4 nitrogen and oxygen atoms in total. The molecule has 1 N–H and O–H groups in total. The topological polar surface area (TPSA) is 48.2 Å². The first kappa shape index (κ1) is 30.2. The molecule has 0 unspecified atom stereocenters. The van der Waals surface area contributed by atoms with E-state index in [0.717, 1.165) is 35.3 Å². The molecular weight excluding hydrogens is 499 g/mol. The molecule has 39 heavy (non-hydrogen) atoms. The van der Waals surface area contributed by atoms with Crippen LogP contribution in [-0.2, 0) is 10.8 Å². The third-order valence-electron chi connectivity index (χ3n) is 7.16. The van der Waals surface area contributed by atoms with E-state index in [0.29, 0.717) is 11.4 Å². The van der Waals surface area contributed by atoms with Crippen molar-refractivity contribution in [3.8, 4) is 5.75 Å². The maximum atomic E-state index is 13.5. The van der Waals surface area contributed by atoms with Crippen LogP contribution in [0.15, 0.2) is 76.4 Å². The van der Waals surface area contributed by atoms with Crippen LogP contribution in [-0.4, -0.2) is 36.8 Å². The third-order valence-corrected chi connectivity index (χ3v) is 7.16. The summed E-state index contributed by atoms with van der Waals surface area (Å²) < 4.78 is 40.4. The van der Waals surface area contributed by atoms with E-state index in [2.05, 4.69) is 64.6 Å². The number of phenolic OH excluding ortho intramolecular Hbond substituents is 1. The molecule has 2 aromatic rings. The summed E-state index contributed by atoms with van der Waals surface area (Å²) in [6.45, 7) is 15.0. The van der Waals surface area contributed by atoms with Crippen molar-refractivity contribution in [1.29, 1.82) is 0 Å². The number of aliphatic imine (C=N–C) groups is 1. The van der Waals surface area contributed by atoms with Crippen molar-refractivity contribution >= 4 is 17.1 Å². The van der Waals surface area contributed by atoms with Gasteiger partial charge in [-0.15, -0.1) is 0 Å². The van der Waals surface area contributed by atoms with Gasteiger partial charge >= 0.3 is 6.18 Å². The van der Waals surface area contributed by atoms with E-state index in [1.165, 1.54) is 18.1 Å². The molecule has 0 heterocycles. The standard InChI is InChI=1S/C32H40F3N3O/c1-29(2,3)20-30(4,5)23-17-24(31(6,7)21-13-11-10-12-14-21)28(39)27(19-23)38(9)37-26-18-22(32(33,34)35)15-16-25(26)36-8/h10-19,39H,20H2,1-9H3/b36-25-,37-26-. The second kappa shape index (κ2) is 10.7. The molecule has 210 valence electrons. The molecule has 3 rings (SSSR count). The average Bonchev–Trinajstić information content (AvgIpc) is 2.82. The number of halogens is 3. The fraction of sp³-hybridized carbons (Fsp3) is 0.438. The number of benzene rings is 2. The number of hydrogen-bond donors (Lipinski definition) is 1. The molecule has 0 spiro atoms. The van der Waals surface area contributed by atoms with E-state index in [1.807, 2.05) is 36.4 Å². The van der Waals surface area contributed by atoms with Crippen LogP contribution in [0, 0.1) is 5.41 Å². The highest BCUT2D eigenvalue weighted by atomic mass is 19.4. The highest BCUT2D eigenvalue weighted by molar-refractivity contribution is 6.51. The Labute approximate surface area is 230 Å². The molecule has 0 atom stereocenters. The zero-order chi connectivity index (χ0) is 29.4. The lowest BCUT2D eigenvalue weighted by Crippen LogP contribution is -2.28. The Morgan fingerprint density at radius 1 is 0.846 bits per heavy atom. The number of aromatic hydroxyl groups is 1. The SMILES string of the molecule is C/N=C1/C=CC(C(F)(F)F)=C/C1=N/N(C)c1cc(C(C)(C)CC(C)(C)C)cc(C(C)(C)c2ccccc2)c1O.